The highest BCUT2D eigenvalue weighted by Gasteiger charge is 2.11. The summed E-state index contributed by atoms with van der Waals surface area (Å²) in [6.45, 7) is 0. The van der Waals surface area contributed by atoms with Gasteiger partial charge in [-0.25, -0.2) is 0 Å². The maximum Gasteiger partial charge on any atom is 0.273 e. The first-order chi connectivity index (χ1) is 11.6. The smallest absolute Gasteiger partial charge is 0.273 e. The summed E-state index contributed by atoms with van der Waals surface area (Å²) >= 11 is 4.93. The van der Waals surface area contributed by atoms with Crippen LogP contribution in [-0.2, 0) is 4.79 Å². The Hall–Kier alpha value is -3.13. The van der Waals surface area contributed by atoms with Gasteiger partial charge in [0.1, 0.15) is 11.5 Å². The third-order valence-electron chi connectivity index (χ3n) is 2.82. The molecule has 1 aromatic heterocycles. The lowest BCUT2D eigenvalue weighted by Crippen LogP contribution is -2.48. The Bertz CT molecular complexity index is 756. The van der Waals surface area contributed by atoms with Gasteiger partial charge in [0.2, 0.25) is 5.91 Å². The SMILES string of the molecule is COc1ccccc1C(=O)NNC(=S)NC(=O)C=Cc1ccco1. The third kappa shape index (κ3) is 4.96. The summed E-state index contributed by atoms with van der Waals surface area (Å²) in [7, 11) is 1.47. The van der Waals surface area contributed by atoms with Crippen molar-refractivity contribution in [1.82, 2.24) is 16.2 Å². The van der Waals surface area contributed by atoms with Crippen molar-refractivity contribution in [2.45, 2.75) is 0 Å². The zero-order valence-electron chi connectivity index (χ0n) is 12.7. The Labute approximate surface area is 143 Å². The molecule has 2 amide bonds. The van der Waals surface area contributed by atoms with Crippen LogP contribution < -0.4 is 20.9 Å². The van der Waals surface area contributed by atoms with Gasteiger partial charge in [-0.1, -0.05) is 12.1 Å². The normalized spacial score (nSPS) is 10.2. The highest BCUT2D eigenvalue weighted by atomic mass is 32.1. The molecule has 24 heavy (non-hydrogen) atoms. The van der Waals surface area contributed by atoms with Crippen LogP contribution in [0, 0.1) is 0 Å². The molecule has 0 unspecified atom stereocenters. The van der Waals surface area contributed by atoms with Crippen LogP contribution in [0.2, 0.25) is 0 Å². The molecule has 0 atom stereocenters. The molecule has 0 saturated carbocycles. The number of benzene rings is 1. The van der Waals surface area contributed by atoms with E-state index in [1.807, 2.05) is 0 Å². The molecule has 0 aliphatic rings. The van der Waals surface area contributed by atoms with Crippen LogP contribution in [0.15, 0.2) is 53.2 Å². The molecule has 2 aromatic rings. The van der Waals surface area contributed by atoms with Gasteiger partial charge in [0.05, 0.1) is 18.9 Å². The quantitative estimate of drug-likeness (QED) is 0.443. The molecule has 1 aromatic carbocycles. The highest BCUT2D eigenvalue weighted by molar-refractivity contribution is 7.80. The van der Waals surface area contributed by atoms with Crippen molar-refractivity contribution in [3.8, 4) is 5.75 Å². The fraction of sp³-hybridized carbons (Fsp3) is 0.0625. The zero-order chi connectivity index (χ0) is 17.4. The standard InChI is InChI=1S/C16H15N3O4S/c1-22-13-7-3-2-6-12(13)15(21)18-19-16(24)17-14(20)9-8-11-5-4-10-23-11/h2-10H,1H3,(H,18,21)(H2,17,19,20,24). The van der Waals surface area contributed by atoms with E-state index >= 15 is 0 Å². The molecule has 0 bridgehead atoms. The van der Waals surface area contributed by atoms with Gasteiger partial charge < -0.3 is 9.15 Å². The summed E-state index contributed by atoms with van der Waals surface area (Å²) in [5.74, 6) is 0.0484. The van der Waals surface area contributed by atoms with Crippen molar-refractivity contribution in [1.29, 1.82) is 0 Å². The van der Waals surface area contributed by atoms with Crippen LogP contribution in [0.4, 0.5) is 0 Å². The molecule has 3 N–H and O–H groups in total. The molecular formula is C16H15N3O4S. The predicted molar refractivity (Wildman–Crippen MR) is 92.1 cm³/mol. The molecule has 124 valence electrons. The van der Waals surface area contributed by atoms with Crippen molar-refractivity contribution in [3.63, 3.8) is 0 Å². The summed E-state index contributed by atoms with van der Waals surface area (Å²) < 4.78 is 10.2. The number of carbonyl (C=O) groups excluding carboxylic acids is 2. The summed E-state index contributed by atoms with van der Waals surface area (Å²) in [6, 6.07) is 10.1. The molecule has 0 aliphatic carbocycles. The van der Waals surface area contributed by atoms with E-state index in [9.17, 15) is 9.59 Å². The number of rotatable bonds is 4. The number of furan rings is 1. The number of thiocarbonyl (C=S) groups is 1. The lowest BCUT2D eigenvalue weighted by Gasteiger charge is -2.11. The Morgan fingerprint density at radius 3 is 2.67 bits per heavy atom. The molecular weight excluding hydrogens is 330 g/mol. The van der Waals surface area contributed by atoms with Crippen molar-refractivity contribution in [2.75, 3.05) is 7.11 Å². The Morgan fingerprint density at radius 1 is 1.17 bits per heavy atom. The van der Waals surface area contributed by atoms with E-state index in [-0.39, 0.29) is 5.11 Å². The van der Waals surface area contributed by atoms with Crippen LogP contribution >= 0.6 is 12.2 Å². The van der Waals surface area contributed by atoms with E-state index in [2.05, 4.69) is 16.2 Å². The number of methoxy groups -OCH3 is 1. The summed E-state index contributed by atoms with van der Waals surface area (Å²) in [5.41, 5.74) is 5.16. The molecule has 1 heterocycles. The molecule has 2 rings (SSSR count). The highest BCUT2D eigenvalue weighted by Crippen LogP contribution is 2.16. The second kappa shape index (κ2) is 8.49. The van der Waals surface area contributed by atoms with E-state index in [0.717, 1.165) is 0 Å². The molecule has 0 saturated heterocycles. The van der Waals surface area contributed by atoms with E-state index < -0.39 is 11.8 Å². The van der Waals surface area contributed by atoms with Gasteiger partial charge >= 0.3 is 0 Å². The maximum atomic E-state index is 12.0. The number of carbonyl (C=O) groups is 2. The molecule has 8 heteroatoms. The topological polar surface area (TPSA) is 92.6 Å². The van der Waals surface area contributed by atoms with Crippen molar-refractivity contribution in [3.05, 3.63) is 60.1 Å². The van der Waals surface area contributed by atoms with Crippen molar-refractivity contribution < 1.29 is 18.7 Å². The number of hydrogen-bond donors (Lipinski definition) is 3. The van der Waals surface area contributed by atoms with Crippen LogP contribution in [0.3, 0.4) is 0 Å². The minimum absolute atomic E-state index is 0.0488. The second-order valence-electron chi connectivity index (χ2n) is 4.45. The number of amides is 2. The zero-order valence-corrected chi connectivity index (χ0v) is 13.6. The first-order valence-corrected chi connectivity index (χ1v) is 7.27. The van der Waals surface area contributed by atoms with Gasteiger partial charge in [0.15, 0.2) is 5.11 Å². The monoisotopic (exact) mass is 345 g/mol. The minimum Gasteiger partial charge on any atom is -0.496 e. The average molecular weight is 345 g/mol. The molecule has 0 radical (unpaired) electrons. The Morgan fingerprint density at radius 2 is 1.96 bits per heavy atom. The maximum absolute atomic E-state index is 12.0. The lowest BCUT2D eigenvalue weighted by atomic mass is 10.2. The number of hydrogen-bond acceptors (Lipinski definition) is 5. The van der Waals surface area contributed by atoms with E-state index in [0.29, 0.717) is 17.1 Å². The first kappa shape index (κ1) is 17.2. The number of nitrogens with one attached hydrogen (secondary N) is 3. The number of hydrazine groups is 1. The first-order valence-electron chi connectivity index (χ1n) is 6.86. The summed E-state index contributed by atoms with van der Waals surface area (Å²) in [6.07, 6.45) is 4.25. The van der Waals surface area contributed by atoms with Gasteiger partial charge in [-0.3, -0.25) is 25.8 Å². The van der Waals surface area contributed by atoms with Crippen LogP contribution in [0.1, 0.15) is 16.1 Å². The van der Waals surface area contributed by atoms with E-state index in [1.165, 1.54) is 25.5 Å². The van der Waals surface area contributed by atoms with Crippen LogP contribution in [0.5, 0.6) is 5.75 Å². The largest absolute Gasteiger partial charge is 0.496 e. The molecule has 0 fully saturated rings. The lowest BCUT2D eigenvalue weighted by molar-refractivity contribution is -0.115. The predicted octanol–water partition coefficient (Wildman–Crippen LogP) is 1.64. The fourth-order valence-electron chi connectivity index (χ4n) is 1.74. The number of para-hydroxylation sites is 1. The van der Waals surface area contributed by atoms with Crippen molar-refractivity contribution >= 4 is 35.2 Å². The molecule has 0 aliphatic heterocycles. The van der Waals surface area contributed by atoms with Gasteiger partial charge in [0.25, 0.3) is 5.91 Å². The van der Waals surface area contributed by atoms with Gasteiger partial charge in [-0.15, -0.1) is 0 Å². The minimum atomic E-state index is -0.463. The van der Waals surface area contributed by atoms with Crippen LogP contribution in [-0.4, -0.2) is 24.0 Å². The van der Waals surface area contributed by atoms with Crippen LogP contribution in [0.25, 0.3) is 6.08 Å². The fourth-order valence-corrected chi connectivity index (χ4v) is 1.89. The van der Waals surface area contributed by atoms with Gasteiger partial charge in [-0.2, -0.15) is 0 Å². The van der Waals surface area contributed by atoms with Gasteiger partial charge in [-0.05, 0) is 42.6 Å². The Kier molecular flexibility index (Phi) is 6.09. The molecule has 0 spiro atoms. The summed E-state index contributed by atoms with van der Waals surface area (Å²) in [4.78, 5) is 23.7. The number of ether oxygens (including phenoxy) is 1. The van der Waals surface area contributed by atoms with Gasteiger partial charge in [0, 0.05) is 6.08 Å². The third-order valence-corrected chi connectivity index (χ3v) is 3.02. The summed E-state index contributed by atoms with van der Waals surface area (Å²) in [5, 5.41) is 2.34. The van der Waals surface area contributed by atoms with E-state index in [1.54, 1.807) is 36.4 Å². The Balaban J connectivity index is 1.82. The second-order valence-corrected chi connectivity index (χ2v) is 4.85. The average Bonchev–Trinajstić information content (AvgIpc) is 3.11. The van der Waals surface area contributed by atoms with Crippen molar-refractivity contribution in [2.24, 2.45) is 0 Å². The molecule has 7 nitrogen and oxygen atoms in total. The van der Waals surface area contributed by atoms with E-state index in [4.69, 9.17) is 21.4 Å².